The Hall–Kier alpha value is -2.33. The van der Waals surface area contributed by atoms with Gasteiger partial charge >= 0.3 is 0 Å². The summed E-state index contributed by atoms with van der Waals surface area (Å²) in [5.74, 6) is -0.923. The fourth-order valence-corrected chi connectivity index (χ4v) is 5.20. The molecular formula is C20H19ClFN3O3S2. The van der Waals surface area contributed by atoms with Crippen LogP contribution < -0.4 is 5.32 Å². The van der Waals surface area contributed by atoms with Crippen LogP contribution in [0.3, 0.4) is 0 Å². The molecule has 0 spiro atoms. The molecule has 0 bridgehead atoms. The molecule has 0 aliphatic heterocycles. The summed E-state index contributed by atoms with van der Waals surface area (Å²) >= 11 is 7.34. The highest BCUT2D eigenvalue weighted by Crippen LogP contribution is 2.27. The van der Waals surface area contributed by atoms with Crippen molar-refractivity contribution in [3.05, 3.63) is 64.2 Å². The van der Waals surface area contributed by atoms with Crippen molar-refractivity contribution in [2.45, 2.75) is 18.7 Å². The molecule has 30 heavy (non-hydrogen) atoms. The number of nitrogens with zero attached hydrogens (tertiary/aromatic N) is 2. The summed E-state index contributed by atoms with van der Waals surface area (Å²) in [5.41, 5.74) is 1.32. The van der Waals surface area contributed by atoms with Crippen LogP contribution in [0.4, 0.5) is 9.52 Å². The molecule has 1 N–H and O–H groups in total. The average molecular weight is 468 g/mol. The first-order valence-corrected chi connectivity index (χ1v) is 11.8. The Bertz CT molecular complexity index is 1160. The van der Waals surface area contributed by atoms with Crippen molar-refractivity contribution in [3.8, 4) is 11.3 Å². The second kappa shape index (κ2) is 9.22. The van der Waals surface area contributed by atoms with Crippen LogP contribution in [0.2, 0.25) is 5.02 Å². The monoisotopic (exact) mass is 467 g/mol. The summed E-state index contributed by atoms with van der Waals surface area (Å²) in [6.07, 6.45) is 0. The van der Waals surface area contributed by atoms with Crippen LogP contribution in [0.15, 0.2) is 52.7 Å². The largest absolute Gasteiger partial charge is 0.298 e. The highest BCUT2D eigenvalue weighted by atomic mass is 35.5. The van der Waals surface area contributed by atoms with Gasteiger partial charge in [0.2, 0.25) is 10.0 Å². The van der Waals surface area contributed by atoms with Crippen molar-refractivity contribution in [1.29, 1.82) is 0 Å². The Morgan fingerprint density at radius 2 is 1.83 bits per heavy atom. The van der Waals surface area contributed by atoms with Crippen molar-refractivity contribution in [3.63, 3.8) is 0 Å². The zero-order valence-corrected chi connectivity index (χ0v) is 18.6. The van der Waals surface area contributed by atoms with E-state index in [9.17, 15) is 17.6 Å². The smallest absolute Gasteiger partial charge is 0.259 e. The number of hydrogen-bond donors (Lipinski definition) is 1. The van der Waals surface area contributed by atoms with Crippen molar-refractivity contribution in [2.75, 3.05) is 18.4 Å². The average Bonchev–Trinajstić information content (AvgIpc) is 3.17. The van der Waals surface area contributed by atoms with Gasteiger partial charge in [0.05, 0.1) is 21.2 Å². The van der Waals surface area contributed by atoms with Crippen molar-refractivity contribution >= 4 is 44.0 Å². The third kappa shape index (κ3) is 4.70. The molecule has 3 aromatic rings. The van der Waals surface area contributed by atoms with Gasteiger partial charge in [-0.25, -0.2) is 17.8 Å². The van der Waals surface area contributed by atoms with Gasteiger partial charge in [-0.2, -0.15) is 4.31 Å². The molecule has 2 aromatic carbocycles. The zero-order chi connectivity index (χ0) is 21.9. The molecular weight excluding hydrogens is 449 g/mol. The van der Waals surface area contributed by atoms with Gasteiger partial charge in [0.15, 0.2) is 5.13 Å². The van der Waals surface area contributed by atoms with Crippen LogP contribution >= 0.6 is 22.9 Å². The Kier molecular flexibility index (Phi) is 6.87. The van der Waals surface area contributed by atoms with E-state index in [4.69, 9.17) is 11.6 Å². The Balaban J connectivity index is 1.85. The number of halogens is 2. The maximum Gasteiger partial charge on any atom is 0.259 e. The third-order valence-corrected chi connectivity index (χ3v) is 7.52. The van der Waals surface area contributed by atoms with Crippen LogP contribution in [-0.2, 0) is 10.0 Å². The Morgan fingerprint density at radius 3 is 2.47 bits per heavy atom. The fraction of sp³-hybridized carbons (Fsp3) is 0.200. The molecule has 0 fully saturated rings. The molecule has 0 saturated heterocycles. The van der Waals surface area contributed by atoms with Crippen LogP contribution in [0.1, 0.15) is 24.2 Å². The second-order valence-corrected chi connectivity index (χ2v) is 9.43. The van der Waals surface area contributed by atoms with E-state index in [1.165, 1.54) is 46.0 Å². The van der Waals surface area contributed by atoms with Gasteiger partial charge in [0, 0.05) is 24.0 Å². The quantitative estimate of drug-likeness (QED) is 0.536. The minimum atomic E-state index is -3.73. The van der Waals surface area contributed by atoms with Gasteiger partial charge in [-0.05, 0) is 42.5 Å². The number of amides is 1. The van der Waals surface area contributed by atoms with E-state index in [1.807, 2.05) is 0 Å². The number of benzene rings is 2. The van der Waals surface area contributed by atoms with Crippen LogP contribution in [0.5, 0.6) is 0 Å². The summed E-state index contributed by atoms with van der Waals surface area (Å²) < 4.78 is 39.9. The first kappa shape index (κ1) is 22.4. The minimum Gasteiger partial charge on any atom is -0.298 e. The number of carbonyl (C=O) groups is 1. The lowest BCUT2D eigenvalue weighted by atomic mass is 10.2. The highest BCUT2D eigenvalue weighted by Gasteiger charge is 2.24. The summed E-state index contributed by atoms with van der Waals surface area (Å²) in [4.78, 5) is 17.0. The topological polar surface area (TPSA) is 79.4 Å². The van der Waals surface area contributed by atoms with Crippen molar-refractivity contribution < 1.29 is 17.6 Å². The van der Waals surface area contributed by atoms with Gasteiger partial charge in [0.1, 0.15) is 5.82 Å². The molecule has 158 valence electrons. The first-order valence-electron chi connectivity index (χ1n) is 9.08. The molecule has 1 aromatic heterocycles. The maximum atomic E-state index is 13.1. The van der Waals surface area contributed by atoms with E-state index in [0.717, 1.165) is 0 Å². The summed E-state index contributed by atoms with van der Waals surface area (Å²) in [6.45, 7) is 4.11. The van der Waals surface area contributed by atoms with Gasteiger partial charge in [0.25, 0.3) is 5.91 Å². The second-order valence-electron chi connectivity index (χ2n) is 6.23. The molecule has 3 rings (SSSR count). The van der Waals surface area contributed by atoms with E-state index in [0.29, 0.717) is 29.5 Å². The molecule has 0 aliphatic rings. The molecule has 0 unspecified atom stereocenters. The maximum absolute atomic E-state index is 13.1. The summed E-state index contributed by atoms with van der Waals surface area (Å²) in [5, 5.41) is 4.80. The van der Waals surface area contributed by atoms with E-state index in [-0.39, 0.29) is 21.3 Å². The van der Waals surface area contributed by atoms with E-state index in [1.54, 1.807) is 31.4 Å². The number of hydrogen-bond acceptors (Lipinski definition) is 5. The molecule has 0 radical (unpaired) electrons. The third-order valence-electron chi connectivity index (χ3n) is 4.39. The molecule has 10 heteroatoms. The van der Waals surface area contributed by atoms with E-state index >= 15 is 0 Å². The Labute approximate surface area is 183 Å². The SMILES string of the molecule is CCN(CC)S(=O)(=O)c1ccc(Cl)c(C(=O)Nc2nc(-c3ccc(F)cc3)cs2)c1. The predicted octanol–water partition coefficient (Wildman–Crippen LogP) is 4.89. The standard InChI is InChI=1S/C20H19ClFN3O3S2/c1-3-25(4-2)30(27,28)15-9-10-17(21)16(11-15)19(26)24-20-23-18(12-29-20)13-5-7-14(22)8-6-13/h5-12H,3-4H2,1-2H3,(H,23,24,26). The number of anilines is 1. The first-order chi connectivity index (χ1) is 14.3. The summed E-state index contributed by atoms with van der Waals surface area (Å²) in [6, 6.07) is 9.87. The van der Waals surface area contributed by atoms with Gasteiger partial charge < -0.3 is 0 Å². The predicted molar refractivity (Wildman–Crippen MR) is 117 cm³/mol. The Morgan fingerprint density at radius 1 is 1.17 bits per heavy atom. The molecule has 0 aliphatic carbocycles. The number of nitrogens with one attached hydrogen (secondary N) is 1. The number of sulfonamides is 1. The molecule has 6 nitrogen and oxygen atoms in total. The van der Waals surface area contributed by atoms with Crippen LogP contribution in [-0.4, -0.2) is 36.7 Å². The highest BCUT2D eigenvalue weighted by molar-refractivity contribution is 7.89. The lowest BCUT2D eigenvalue weighted by Crippen LogP contribution is -2.30. The number of thiazole rings is 1. The molecule has 1 heterocycles. The number of rotatable bonds is 7. The fourth-order valence-electron chi connectivity index (χ4n) is 2.80. The number of aromatic nitrogens is 1. The number of carbonyl (C=O) groups excluding carboxylic acids is 1. The van der Waals surface area contributed by atoms with E-state index in [2.05, 4.69) is 10.3 Å². The molecule has 0 saturated carbocycles. The van der Waals surface area contributed by atoms with Gasteiger partial charge in [-0.15, -0.1) is 11.3 Å². The molecule has 1 amide bonds. The lowest BCUT2D eigenvalue weighted by Gasteiger charge is -2.19. The van der Waals surface area contributed by atoms with Crippen molar-refractivity contribution in [1.82, 2.24) is 9.29 Å². The van der Waals surface area contributed by atoms with E-state index < -0.39 is 15.9 Å². The summed E-state index contributed by atoms with van der Waals surface area (Å²) in [7, 11) is -3.73. The normalized spacial score (nSPS) is 11.6. The minimum absolute atomic E-state index is 0.00751. The van der Waals surface area contributed by atoms with Crippen molar-refractivity contribution in [2.24, 2.45) is 0 Å². The van der Waals surface area contributed by atoms with Gasteiger partial charge in [-0.1, -0.05) is 25.4 Å². The van der Waals surface area contributed by atoms with Gasteiger partial charge in [-0.3, -0.25) is 10.1 Å². The lowest BCUT2D eigenvalue weighted by molar-refractivity contribution is 0.102. The van der Waals surface area contributed by atoms with Crippen LogP contribution in [0, 0.1) is 5.82 Å². The zero-order valence-electron chi connectivity index (χ0n) is 16.2. The molecule has 0 atom stereocenters. The van der Waals surface area contributed by atoms with Crippen LogP contribution in [0.25, 0.3) is 11.3 Å².